The van der Waals surface area contributed by atoms with Crippen molar-refractivity contribution in [3.05, 3.63) is 83.6 Å². The van der Waals surface area contributed by atoms with E-state index in [4.69, 9.17) is 0 Å². The minimum atomic E-state index is -0.198. The molecule has 0 aliphatic carbocycles. The number of fused-ring (bicyclic) bond motifs is 1. The number of aliphatic hydroxyl groups is 1. The number of likely N-dealkylation sites (N-methyl/N-ethyl adjacent to an activating group) is 1. The zero-order valence-electron chi connectivity index (χ0n) is 19.0. The van der Waals surface area contributed by atoms with Gasteiger partial charge in [-0.15, -0.1) is 0 Å². The first-order valence-electron chi connectivity index (χ1n) is 11.1. The van der Waals surface area contributed by atoms with Crippen LogP contribution in [0, 0.1) is 0 Å². The Morgan fingerprint density at radius 1 is 1.24 bits per heavy atom. The van der Waals surface area contributed by atoms with Crippen LogP contribution >= 0.6 is 0 Å². The number of anilines is 1. The standard InChI is InChI=1S/C27H29N3O3/c1-18(2)24(15-19-9-10-25-20(14-19)11-12-28-25)27(33)29(3)22-7-4-6-21(16-22)26(32)30-13-5-8-23(30)17-31/h4,6-7,9-12,14-16,23,28,31H,1,5,8,13,17H2,2-3H3/b24-15-. The van der Waals surface area contributed by atoms with Gasteiger partial charge in [0.15, 0.2) is 0 Å². The molecule has 6 nitrogen and oxygen atoms in total. The van der Waals surface area contributed by atoms with Gasteiger partial charge in [-0.05, 0) is 78.8 Å². The number of H-pyrrole nitrogens is 1. The van der Waals surface area contributed by atoms with Crippen LogP contribution in [-0.2, 0) is 4.79 Å². The fourth-order valence-electron chi connectivity index (χ4n) is 4.30. The third-order valence-corrected chi connectivity index (χ3v) is 6.21. The van der Waals surface area contributed by atoms with Crippen molar-refractivity contribution in [2.45, 2.75) is 25.8 Å². The number of hydrogen-bond donors (Lipinski definition) is 2. The molecule has 1 unspecified atom stereocenters. The Labute approximate surface area is 193 Å². The predicted octanol–water partition coefficient (Wildman–Crippen LogP) is 4.39. The first-order chi connectivity index (χ1) is 15.9. The Kier molecular flexibility index (Phi) is 6.47. The average molecular weight is 444 g/mol. The molecule has 4 rings (SSSR count). The quantitative estimate of drug-likeness (QED) is 0.438. The van der Waals surface area contributed by atoms with Gasteiger partial charge in [-0.2, -0.15) is 0 Å². The molecule has 0 saturated carbocycles. The maximum absolute atomic E-state index is 13.4. The predicted molar refractivity (Wildman–Crippen MR) is 132 cm³/mol. The highest BCUT2D eigenvalue weighted by molar-refractivity contribution is 6.11. The summed E-state index contributed by atoms with van der Waals surface area (Å²) in [5, 5.41) is 10.6. The summed E-state index contributed by atoms with van der Waals surface area (Å²) >= 11 is 0. The summed E-state index contributed by atoms with van der Waals surface area (Å²) in [4.78, 5) is 32.8. The molecule has 1 aliphatic rings. The summed E-state index contributed by atoms with van der Waals surface area (Å²) in [6.07, 6.45) is 5.42. The summed E-state index contributed by atoms with van der Waals surface area (Å²) in [6, 6.07) is 14.9. The molecule has 2 N–H and O–H groups in total. The Hall–Kier alpha value is -3.64. The van der Waals surface area contributed by atoms with Gasteiger partial charge in [0.05, 0.1) is 12.6 Å². The van der Waals surface area contributed by atoms with Crippen molar-refractivity contribution in [1.82, 2.24) is 9.88 Å². The zero-order valence-corrected chi connectivity index (χ0v) is 19.0. The molecular weight excluding hydrogens is 414 g/mol. The second-order valence-electron chi connectivity index (χ2n) is 8.55. The van der Waals surface area contributed by atoms with Crippen LogP contribution in [0.5, 0.6) is 0 Å². The molecule has 0 radical (unpaired) electrons. The van der Waals surface area contributed by atoms with E-state index in [1.807, 2.05) is 49.5 Å². The van der Waals surface area contributed by atoms with Gasteiger partial charge < -0.3 is 19.9 Å². The first-order valence-corrected chi connectivity index (χ1v) is 11.1. The van der Waals surface area contributed by atoms with Crippen LogP contribution in [0.3, 0.4) is 0 Å². The Bertz CT molecular complexity index is 1240. The smallest absolute Gasteiger partial charge is 0.258 e. The second-order valence-corrected chi connectivity index (χ2v) is 8.55. The van der Waals surface area contributed by atoms with E-state index in [2.05, 4.69) is 11.6 Å². The highest BCUT2D eigenvalue weighted by Crippen LogP contribution is 2.25. The van der Waals surface area contributed by atoms with Crippen LogP contribution in [0.2, 0.25) is 0 Å². The number of carbonyl (C=O) groups excluding carboxylic acids is 2. The zero-order chi connectivity index (χ0) is 23.5. The topological polar surface area (TPSA) is 76.6 Å². The molecule has 0 spiro atoms. The summed E-state index contributed by atoms with van der Waals surface area (Å²) in [5.74, 6) is -0.319. The molecule has 33 heavy (non-hydrogen) atoms. The molecule has 1 aliphatic heterocycles. The van der Waals surface area contributed by atoms with Crippen molar-refractivity contribution in [2.75, 3.05) is 25.1 Å². The largest absolute Gasteiger partial charge is 0.394 e. The molecule has 2 amide bonds. The minimum Gasteiger partial charge on any atom is -0.394 e. The van der Waals surface area contributed by atoms with Crippen molar-refractivity contribution >= 4 is 34.5 Å². The molecule has 1 aromatic heterocycles. The normalized spacial score (nSPS) is 16.3. The second kappa shape index (κ2) is 9.46. The van der Waals surface area contributed by atoms with Gasteiger partial charge in [0.25, 0.3) is 11.8 Å². The van der Waals surface area contributed by atoms with Gasteiger partial charge in [-0.3, -0.25) is 9.59 Å². The Balaban J connectivity index is 1.60. The average Bonchev–Trinajstić information content (AvgIpc) is 3.50. The maximum atomic E-state index is 13.4. The number of aromatic nitrogens is 1. The van der Waals surface area contributed by atoms with Crippen LogP contribution in [0.15, 0.2) is 72.5 Å². The van der Waals surface area contributed by atoms with Crippen molar-refractivity contribution in [3.63, 3.8) is 0 Å². The van der Waals surface area contributed by atoms with E-state index in [1.54, 1.807) is 35.0 Å². The van der Waals surface area contributed by atoms with Crippen LogP contribution in [0.1, 0.15) is 35.7 Å². The monoisotopic (exact) mass is 443 g/mol. The van der Waals surface area contributed by atoms with Gasteiger partial charge in [-0.25, -0.2) is 0 Å². The summed E-state index contributed by atoms with van der Waals surface area (Å²) in [6.45, 7) is 6.42. The van der Waals surface area contributed by atoms with Crippen LogP contribution in [0.25, 0.3) is 17.0 Å². The number of amides is 2. The summed E-state index contributed by atoms with van der Waals surface area (Å²) in [5.41, 5.74) is 4.25. The van der Waals surface area contributed by atoms with Gasteiger partial charge in [0, 0.05) is 42.1 Å². The highest BCUT2D eigenvalue weighted by atomic mass is 16.3. The first kappa shape index (κ1) is 22.6. The van der Waals surface area contributed by atoms with E-state index < -0.39 is 0 Å². The van der Waals surface area contributed by atoms with Gasteiger partial charge in [0.2, 0.25) is 0 Å². The number of likely N-dealkylation sites (tertiary alicyclic amines) is 1. The molecule has 6 heteroatoms. The number of benzene rings is 2. The van der Waals surface area contributed by atoms with E-state index in [9.17, 15) is 14.7 Å². The molecule has 2 aromatic carbocycles. The molecule has 0 bridgehead atoms. The fourth-order valence-corrected chi connectivity index (χ4v) is 4.30. The lowest BCUT2D eigenvalue weighted by molar-refractivity contribution is -0.114. The number of aromatic amines is 1. The number of rotatable bonds is 6. The van der Waals surface area contributed by atoms with Crippen molar-refractivity contribution in [3.8, 4) is 0 Å². The van der Waals surface area contributed by atoms with Crippen molar-refractivity contribution in [2.24, 2.45) is 0 Å². The third-order valence-electron chi connectivity index (χ3n) is 6.21. The lowest BCUT2D eigenvalue weighted by Crippen LogP contribution is -2.37. The number of aliphatic hydroxyl groups excluding tert-OH is 1. The van der Waals surface area contributed by atoms with Gasteiger partial charge >= 0.3 is 0 Å². The summed E-state index contributed by atoms with van der Waals surface area (Å²) in [7, 11) is 1.70. The number of nitrogens with zero attached hydrogens (tertiary/aromatic N) is 2. The van der Waals surface area contributed by atoms with E-state index in [1.165, 1.54) is 0 Å². The number of carbonyl (C=O) groups is 2. The molecular formula is C27H29N3O3. The lowest BCUT2D eigenvalue weighted by Gasteiger charge is -2.24. The van der Waals surface area contributed by atoms with E-state index >= 15 is 0 Å². The van der Waals surface area contributed by atoms with Gasteiger partial charge in [0.1, 0.15) is 0 Å². The van der Waals surface area contributed by atoms with E-state index in [0.717, 1.165) is 29.3 Å². The SMILES string of the molecule is C=C(C)/C(=C/c1ccc2[nH]ccc2c1)C(=O)N(C)c1cccc(C(=O)N2CCCC2CO)c1. The van der Waals surface area contributed by atoms with E-state index in [0.29, 0.717) is 28.9 Å². The Morgan fingerprint density at radius 2 is 2.06 bits per heavy atom. The molecule has 2 heterocycles. The number of hydrogen-bond acceptors (Lipinski definition) is 3. The van der Waals surface area contributed by atoms with Gasteiger partial charge in [-0.1, -0.05) is 18.7 Å². The molecule has 1 atom stereocenters. The van der Waals surface area contributed by atoms with Crippen molar-refractivity contribution < 1.29 is 14.7 Å². The third kappa shape index (κ3) is 4.61. The van der Waals surface area contributed by atoms with Crippen LogP contribution in [-0.4, -0.2) is 53.0 Å². The van der Waals surface area contributed by atoms with E-state index in [-0.39, 0.29) is 24.5 Å². The lowest BCUT2D eigenvalue weighted by atomic mass is 10.0. The molecule has 1 saturated heterocycles. The molecule has 1 fully saturated rings. The maximum Gasteiger partial charge on any atom is 0.258 e. The van der Waals surface area contributed by atoms with Crippen LogP contribution in [0.4, 0.5) is 5.69 Å². The molecule has 3 aromatic rings. The fraction of sp³-hybridized carbons (Fsp3) is 0.259. The molecule has 170 valence electrons. The van der Waals surface area contributed by atoms with Crippen LogP contribution < -0.4 is 4.90 Å². The Morgan fingerprint density at radius 3 is 2.82 bits per heavy atom. The number of nitrogens with one attached hydrogen (secondary N) is 1. The van der Waals surface area contributed by atoms with Crippen molar-refractivity contribution in [1.29, 1.82) is 0 Å². The summed E-state index contributed by atoms with van der Waals surface area (Å²) < 4.78 is 0. The minimum absolute atomic E-state index is 0.0366. The highest BCUT2D eigenvalue weighted by Gasteiger charge is 2.29.